The molecule has 0 aromatic carbocycles. The van der Waals surface area contributed by atoms with Crippen LogP contribution in [-0.2, 0) is 0 Å². The van der Waals surface area contributed by atoms with Crippen LogP contribution in [0.5, 0.6) is 0 Å². The van der Waals surface area contributed by atoms with E-state index in [1.54, 1.807) is 0 Å². The van der Waals surface area contributed by atoms with E-state index < -0.39 is 0 Å². The molecule has 6 nitrogen and oxygen atoms in total. The SMILES string of the molecule is CC[C@H]1[C@@H](O)[C@@H]2[C@H](CC[C@]3(C)[C@@H]([C@H](P)CCNC(=O)NSN4CCCCC4)CC[C@@H]23)[C@@]2(C)CC[C@@H](O)C[C@@H]12. The number of aliphatic hydroxyl groups excluding tert-OH is 2. The van der Waals surface area contributed by atoms with Crippen molar-refractivity contribution in [2.75, 3.05) is 19.6 Å². The van der Waals surface area contributed by atoms with Crippen molar-refractivity contribution in [1.29, 1.82) is 0 Å². The molecule has 5 fully saturated rings. The molecular formula is C30H54N3O3PS. The molecule has 4 N–H and O–H groups in total. The van der Waals surface area contributed by atoms with Gasteiger partial charge in [-0.2, -0.15) is 0 Å². The number of piperidine rings is 1. The van der Waals surface area contributed by atoms with Crippen molar-refractivity contribution in [3.05, 3.63) is 0 Å². The first kappa shape index (κ1) is 29.4. The number of hydrogen-bond acceptors (Lipinski definition) is 5. The molecule has 5 rings (SSSR count). The van der Waals surface area contributed by atoms with E-state index in [0.717, 1.165) is 45.2 Å². The van der Waals surface area contributed by atoms with Gasteiger partial charge in [0.25, 0.3) is 0 Å². The maximum Gasteiger partial charge on any atom is 0.325 e. The van der Waals surface area contributed by atoms with E-state index in [-0.39, 0.29) is 29.1 Å². The van der Waals surface area contributed by atoms with Crippen LogP contribution in [0.1, 0.15) is 97.8 Å². The molecule has 4 saturated carbocycles. The summed E-state index contributed by atoms with van der Waals surface area (Å²) < 4.78 is 5.21. The topological polar surface area (TPSA) is 84.8 Å². The summed E-state index contributed by atoms with van der Waals surface area (Å²) in [5, 5.41) is 25.5. The van der Waals surface area contributed by atoms with Crippen LogP contribution in [0.15, 0.2) is 0 Å². The largest absolute Gasteiger partial charge is 0.393 e. The van der Waals surface area contributed by atoms with Crippen molar-refractivity contribution >= 4 is 27.4 Å². The van der Waals surface area contributed by atoms with Gasteiger partial charge in [-0.1, -0.05) is 33.6 Å². The van der Waals surface area contributed by atoms with E-state index >= 15 is 0 Å². The van der Waals surface area contributed by atoms with Crippen molar-refractivity contribution in [1.82, 2.24) is 14.3 Å². The molecule has 1 aliphatic heterocycles. The number of amides is 2. The average molecular weight is 568 g/mol. The van der Waals surface area contributed by atoms with E-state index in [0.29, 0.717) is 47.7 Å². The number of carbonyl (C=O) groups excluding carboxylic acids is 1. The average Bonchev–Trinajstić information content (AvgIpc) is 3.26. The Morgan fingerprint density at radius 3 is 2.47 bits per heavy atom. The Bertz CT molecular complexity index is 831. The molecule has 5 aliphatic rings. The second-order valence-corrected chi connectivity index (χ2v) is 15.8. The number of fused-ring (bicyclic) bond motifs is 5. The van der Waals surface area contributed by atoms with Crippen LogP contribution in [0.25, 0.3) is 0 Å². The van der Waals surface area contributed by atoms with Crippen molar-refractivity contribution in [2.24, 2.45) is 46.3 Å². The fourth-order valence-electron chi connectivity index (χ4n) is 10.4. The van der Waals surface area contributed by atoms with E-state index in [9.17, 15) is 15.0 Å². The van der Waals surface area contributed by atoms with Gasteiger partial charge in [0.2, 0.25) is 0 Å². The molecule has 0 bridgehead atoms. The molecule has 1 saturated heterocycles. The van der Waals surface area contributed by atoms with Gasteiger partial charge in [0.05, 0.1) is 12.2 Å². The predicted molar refractivity (Wildman–Crippen MR) is 159 cm³/mol. The van der Waals surface area contributed by atoms with Crippen LogP contribution in [0.2, 0.25) is 0 Å². The number of urea groups is 1. The molecular weight excluding hydrogens is 513 g/mol. The second kappa shape index (κ2) is 12.0. The van der Waals surface area contributed by atoms with Gasteiger partial charge in [0.15, 0.2) is 0 Å². The molecule has 0 aromatic heterocycles. The van der Waals surface area contributed by atoms with E-state index in [2.05, 4.69) is 44.4 Å². The summed E-state index contributed by atoms with van der Waals surface area (Å²) in [6, 6.07) is -0.0786. The number of carbonyl (C=O) groups is 1. The lowest BCUT2D eigenvalue weighted by Crippen LogP contribution is -2.62. The number of hydrogen-bond donors (Lipinski definition) is 4. The van der Waals surface area contributed by atoms with Crippen LogP contribution in [0.4, 0.5) is 4.79 Å². The van der Waals surface area contributed by atoms with Crippen molar-refractivity contribution in [2.45, 2.75) is 116 Å². The quantitative estimate of drug-likeness (QED) is 0.238. The van der Waals surface area contributed by atoms with Gasteiger partial charge in [-0.3, -0.25) is 4.72 Å². The standard InChI is InChI=1S/C30H54N3O3PS/c1-4-20-24-18-19(34)10-13-30(24,3)23-11-14-29(2)21(8-9-22(29)26(23)27(20)35)25(37)12-15-31-28(36)32-38-33-16-6-5-7-17-33/h19-27,34-35H,4-18,37H2,1-3H3,(H2,31,32,36)/t19-,20-,21-,22+,23+,24+,25-,26+,27-,29-,30-/m1/s1. The molecule has 218 valence electrons. The zero-order valence-corrected chi connectivity index (χ0v) is 26.0. The maximum atomic E-state index is 12.4. The Labute approximate surface area is 238 Å². The van der Waals surface area contributed by atoms with Gasteiger partial charge in [-0.05, 0) is 116 Å². The number of nitrogens with one attached hydrogen (secondary N) is 2. The predicted octanol–water partition coefficient (Wildman–Crippen LogP) is 5.60. The number of nitrogens with zero attached hydrogens (tertiary/aromatic N) is 1. The van der Waals surface area contributed by atoms with Crippen molar-refractivity contribution in [3.8, 4) is 0 Å². The lowest BCUT2D eigenvalue weighted by Gasteiger charge is -2.64. The zero-order chi connectivity index (χ0) is 27.1. The normalized spacial score (nSPS) is 45.9. The minimum atomic E-state index is -0.234. The van der Waals surface area contributed by atoms with E-state index in [4.69, 9.17) is 0 Å². The van der Waals surface area contributed by atoms with Crippen LogP contribution in [-0.4, -0.2) is 58.1 Å². The Morgan fingerprint density at radius 1 is 1.03 bits per heavy atom. The Morgan fingerprint density at radius 2 is 1.74 bits per heavy atom. The summed E-state index contributed by atoms with van der Waals surface area (Å²) >= 11 is 1.45. The van der Waals surface area contributed by atoms with Crippen molar-refractivity contribution < 1.29 is 15.0 Å². The van der Waals surface area contributed by atoms with Crippen molar-refractivity contribution in [3.63, 3.8) is 0 Å². The first-order valence-corrected chi connectivity index (χ1v) is 17.2. The molecule has 8 heteroatoms. The number of aliphatic hydroxyl groups is 2. The highest BCUT2D eigenvalue weighted by atomic mass is 32.2. The van der Waals surface area contributed by atoms with Crippen LogP contribution in [0.3, 0.4) is 0 Å². The van der Waals surface area contributed by atoms with Crippen LogP contribution >= 0.6 is 21.4 Å². The van der Waals surface area contributed by atoms with Crippen LogP contribution in [0, 0.1) is 46.3 Å². The highest BCUT2D eigenvalue weighted by molar-refractivity contribution is 7.95. The fraction of sp³-hybridized carbons (Fsp3) is 0.967. The summed E-state index contributed by atoms with van der Waals surface area (Å²) in [6.45, 7) is 10.1. The number of rotatable bonds is 7. The fourth-order valence-corrected chi connectivity index (χ4v) is 11.9. The summed E-state index contributed by atoms with van der Waals surface area (Å²) in [6.07, 6.45) is 13.2. The van der Waals surface area contributed by atoms with Gasteiger partial charge >= 0.3 is 6.03 Å². The Hall–Kier alpha value is -0.0700. The van der Waals surface area contributed by atoms with E-state index in [1.165, 1.54) is 57.1 Å². The second-order valence-electron chi connectivity index (χ2n) is 14.0. The van der Waals surface area contributed by atoms with Crippen LogP contribution < -0.4 is 10.0 Å². The summed E-state index contributed by atoms with van der Waals surface area (Å²) in [4.78, 5) is 12.4. The van der Waals surface area contributed by atoms with Gasteiger partial charge in [0.1, 0.15) is 0 Å². The lowest BCUT2D eigenvalue weighted by molar-refractivity contribution is -0.202. The van der Waals surface area contributed by atoms with Gasteiger partial charge < -0.3 is 15.5 Å². The van der Waals surface area contributed by atoms with Gasteiger partial charge in [0, 0.05) is 31.8 Å². The molecule has 1 unspecified atom stereocenters. The molecule has 2 amide bonds. The first-order valence-electron chi connectivity index (χ1n) is 15.8. The Balaban J connectivity index is 1.19. The first-order chi connectivity index (χ1) is 18.2. The van der Waals surface area contributed by atoms with Gasteiger partial charge in [-0.15, -0.1) is 9.24 Å². The Kier molecular flexibility index (Phi) is 9.32. The highest BCUT2D eigenvalue weighted by Crippen LogP contribution is 2.69. The molecule has 0 spiro atoms. The summed E-state index contributed by atoms with van der Waals surface area (Å²) in [7, 11) is 3.15. The molecule has 38 heavy (non-hydrogen) atoms. The minimum Gasteiger partial charge on any atom is -0.393 e. The lowest BCUT2D eigenvalue weighted by atomic mass is 9.41. The third-order valence-electron chi connectivity index (χ3n) is 12.3. The molecule has 12 atom stereocenters. The third kappa shape index (κ3) is 5.42. The van der Waals surface area contributed by atoms with Gasteiger partial charge in [-0.25, -0.2) is 9.10 Å². The third-order valence-corrected chi connectivity index (χ3v) is 14.0. The minimum absolute atomic E-state index is 0.0786. The molecule has 1 heterocycles. The molecule has 0 aromatic rings. The van der Waals surface area contributed by atoms with E-state index in [1.807, 2.05) is 0 Å². The highest BCUT2D eigenvalue weighted by Gasteiger charge is 2.64. The molecule has 4 aliphatic carbocycles. The monoisotopic (exact) mass is 567 g/mol. The smallest absolute Gasteiger partial charge is 0.325 e. The summed E-state index contributed by atoms with van der Waals surface area (Å²) in [5.74, 6) is 2.95. The maximum absolute atomic E-state index is 12.4. The molecule has 0 radical (unpaired) electrons. The zero-order valence-electron chi connectivity index (χ0n) is 24.0. The summed E-state index contributed by atoms with van der Waals surface area (Å²) in [5.41, 5.74) is 0.997.